The van der Waals surface area contributed by atoms with Gasteiger partial charge in [0.1, 0.15) is 0 Å². The molecule has 2 heteroatoms. The molecule has 20 heavy (non-hydrogen) atoms. The van der Waals surface area contributed by atoms with Crippen molar-refractivity contribution in [2.24, 2.45) is 23.2 Å². The molecule has 0 radical (unpaired) electrons. The molecule has 0 heterocycles. The van der Waals surface area contributed by atoms with Crippen molar-refractivity contribution >= 4 is 0 Å². The van der Waals surface area contributed by atoms with Gasteiger partial charge in [-0.3, -0.25) is 0 Å². The maximum Gasteiger partial charge on any atom is 0.0462 e. The Bertz CT molecular complexity index is 284. The molecule has 2 saturated carbocycles. The lowest BCUT2D eigenvalue weighted by Crippen LogP contribution is -2.47. The van der Waals surface area contributed by atoms with E-state index in [2.05, 4.69) is 26.1 Å². The average Bonchev–Trinajstić information content (AvgIpc) is 2.44. The van der Waals surface area contributed by atoms with Gasteiger partial charge in [0, 0.05) is 12.6 Å². The minimum absolute atomic E-state index is 0.389. The van der Waals surface area contributed by atoms with Crippen LogP contribution in [-0.2, 0) is 0 Å². The fourth-order valence-electron chi connectivity index (χ4n) is 4.51. The summed E-state index contributed by atoms with van der Waals surface area (Å²) in [4.78, 5) is 0. The molecule has 0 aromatic heterocycles. The highest BCUT2D eigenvalue weighted by molar-refractivity contribution is 4.89. The predicted molar refractivity (Wildman–Crippen MR) is 85.7 cm³/mol. The van der Waals surface area contributed by atoms with Crippen LogP contribution in [0.2, 0.25) is 0 Å². The lowest BCUT2D eigenvalue weighted by molar-refractivity contribution is 0.103. The Morgan fingerprint density at radius 3 is 2.15 bits per heavy atom. The van der Waals surface area contributed by atoms with E-state index in [0.717, 1.165) is 12.5 Å². The molecule has 4 atom stereocenters. The summed E-state index contributed by atoms with van der Waals surface area (Å²) in [6.07, 6.45) is 10.7. The zero-order valence-corrected chi connectivity index (χ0v) is 13.8. The molecule has 118 valence electrons. The van der Waals surface area contributed by atoms with Gasteiger partial charge in [-0.15, -0.1) is 0 Å². The first-order valence-corrected chi connectivity index (χ1v) is 8.86. The number of hydrogen-bond acceptors (Lipinski definition) is 2. The van der Waals surface area contributed by atoms with Crippen molar-refractivity contribution in [3.63, 3.8) is 0 Å². The Kier molecular flexibility index (Phi) is 5.92. The summed E-state index contributed by atoms with van der Waals surface area (Å²) in [5.41, 5.74) is 0.418. The summed E-state index contributed by atoms with van der Waals surface area (Å²) in [7, 11) is 0. The number of aliphatic hydroxyl groups excluding tert-OH is 1. The van der Waals surface area contributed by atoms with E-state index in [9.17, 15) is 5.11 Å². The molecule has 2 aliphatic rings. The van der Waals surface area contributed by atoms with Gasteiger partial charge in [0.25, 0.3) is 0 Å². The minimum Gasteiger partial charge on any atom is -0.396 e. The van der Waals surface area contributed by atoms with Gasteiger partial charge < -0.3 is 10.4 Å². The first-order chi connectivity index (χ1) is 9.52. The molecule has 0 aromatic carbocycles. The van der Waals surface area contributed by atoms with Crippen LogP contribution in [0.15, 0.2) is 0 Å². The van der Waals surface area contributed by atoms with E-state index in [4.69, 9.17) is 0 Å². The molecule has 4 unspecified atom stereocenters. The van der Waals surface area contributed by atoms with Crippen LogP contribution in [0.25, 0.3) is 0 Å². The average molecular weight is 281 g/mol. The van der Waals surface area contributed by atoms with Crippen molar-refractivity contribution in [1.29, 1.82) is 0 Å². The van der Waals surface area contributed by atoms with Crippen molar-refractivity contribution < 1.29 is 5.11 Å². The smallest absolute Gasteiger partial charge is 0.0462 e. The van der Waals surface area contributed by atoms with Gasteiger partial charge in [0.15, 0.2) is 0 Å². The maximum absolute atomic E-state index is 9.55. The van der Waals surface area contributed by atoms with Crippen LogP contribution < -0.4 is 5.32 Å². The Morgan fingerprint density at radius 1 is 0.900 bits per heavy atom. The Balaban J connectivity index is 1.87. The molecular weight excluding hydrogens is 246 g/mol. The topological polar surface area (TPSA) is 32.3 Å². The van der Waals surface area contributed by atoms with Gasteiger partial charge >= 0.3 is 0 Å². The van der Waals surface area contributed by atoms with Crippen LogP contribution in [0.1, 0.15) is 72.1 Å². The molecule has 0 amide bonds. The minimum atomic E-state index is 0.389. The Morgan fingerprint density at radius 2 is 1.50 bits per heavy atom. The van der Waals surface area contributed by atoms with Crippen LogP contribution in [0, 0.1) is 23.2 Å². The van der Waals surface area contributed by atoms with E-state index in [1.807, 2.05) is 0 Å². The summed E-state index contributed by atoms with van der Waals surface area (Å²) in [5, 5.41) is 13.5. The zero-order chi connectivity index (χ0) is 14.6. The van der Waals surface area contributed by atoms with Gasteiger partial charge in [-0.25, -0.2) is 0 Å². The van der Waals surface area contributed by atoms with Gasteiger partial charge in [0.2, 0.25) is 0 Å². The second kappa shape index (κ2) is 7.26. The van der Waals surface area contributed by atoms with Crippen molar-refractivity contribution in [3.8, 4) is 0 Å². The van der Waals surface area contributed by atoms with E-state index >= 15 is 0 Å². The molecule has 2 aliphatic carbocycles. The van der Waals surface area contributed by atoms with Crippen molar-refractivity contribution in [3.05, 3.63) is 0 Å². The zero-order valence-electron chi connectivity index (χ0n) is 13.8. The lowest BCUT2D eigenvalue weighted by Gasteiger charge is -2.42. The predicted octanol–water partition coefficient (Wildman–Crippen LogP) is 3.98. The molecule has 0 bridgehead atoms. The largest absolute Gasteiger partial charge is 0.396 e. The number of nitrogens with one attached hydrogen (secondary N) is 1. The fourth-order valence-corrected chi connectivity index (χ4v) is 4.51. The van der Waals surface area contributed by atoms with Gasteiger partial charge in [-0.1, -0.05) is 46.5 Å². The summed E-state index contributed by atoms with van der Waals surface area (Å²) in [5.74, 6) is 2.07. The van der Waals surface area contributed by atoms with Crippen molar-refractivity contribution in [2.75, 3.05) is 13.2 Å². The van der Waals surface area contributed by atoms with Crippen LogP contribution >= 0.6 is 0 Å². The summed E-state index contributed by atoms with van der Waals surface area (Å²) in [6, 6.07) is 0.699. The highest BCUT2D eigenvalue weighted by Gasteiger charge is 2.34. The molecule has 0 aromatic rings. The van der Waals surface area contributed by atoms with Crippen molar-refractivity contribution in [2.45, 2.75) is 78.2 Å². The van der Waals surface area contributed by atoms with Crippen LogP contribution in [0.3, 0.4) is 0 Å². The highest BCUT2D eigenvalue weighted by Crippen LogP contribution is 2.38. The number of hydrogen-bond donors (Lipinski definition) is 2. The van der Waals surface area contributed by atoms with Crippen molar-refractivity contribution in [1.82, 2.24) is 5.32 Å². The molecule has 0 spiro atoms. The quantitative estimate of drug-likeness (QED) is 0.817. The van der Waals surface area contributed by atoms with E-state index < -0.39 is 0 Å². The summed E-state index contributed by atoms with van der Waals surface area (Å²) >= 11 is 0. The normalized spacial score (nSPS) is 36.0. The summed E-state index contributed by atoms with van der Waals surface area (Å²) < 4.78 is 0. The Hall–Kier alpha value is -0.0800. The monoisotopic (exact) mass is 281 g/mol. The SMILES string of the molecule is CC(C)(C)C1CCCCC1NCC1CCCCC1CO. The van der Waals surface area contributed by atoms with Crippen LogP contribution in [-0.4, -0.2) is 24.3 Å². The van der Waals surface area contributed by atoms with Crippen LogP contribution in [0.5, 0.6) is 0 Å². The molecule has 2 nitrogen and oxygen atoms in total. The maximum atomic E-state index is 9.55. The van der Waals surface area contributed by atoms with Crippen LogP contribution in [0.4, 0.5) is 0 Å². The molecule has 2 fully saturated rings. The number of aliphatic hydroxyl groups is 1. The second-order valence-electron chi connectivity index (χ2n) is 8.26. The Labute approximate surface area is 125 Å². The third-order valence-corrected chi connectivity index (χ3v) is 5.82. The number of rotatable bonds is 4. The molecule has 2 N–H and O–H groups in total. The molecule has 0 aliphatic heterocycles. The summed E-state index contributed by atoms with van der Waals surface area (Å²) in [6.45, 7) is 8.71. The molecule has 0 saturated heterocycles. The van der Waals surface area contributed by atoms with E-state index in [0.29, 0.717) is 29.9 Å². The third-order valence-electron chi connectivity index (χ3n) is 5.82. The van der Waals surface area contributed by atoms with Gasteiger partial charge in [0.05, 0.1) is 0 Å². The first-order valence-electron chi connectivity index (χ1n) is 8.86. The first kappa shape index (κ1) is 16.3. The molecular formula is C18H35NO. The third kappa shape index (κ3) is 4.21. The van der Waals surface area contributed by atoms with Gasteiger partial charge in [-0.05, 0) is 55.4 Å². The van der Waals surface area contributed by atoms with E-state index in [-0.39, 0.29) is 0 Å². The highest BCUT2D eigenvalue weighted by atomic mass is 16.3. The molecule has 2 rings (SSSR count). The standard InChI is InChI=1S/C18H35NO/c1-18(2,3)16-10-6-7-11-17(16)19-12-14-8-4-5-9-15(14)13-20/h14-17,19-20H,4-13H2,1-3H3. The van der Waals surface area contributed by atoms with E-state index in [1.165, 1.54) is 51.4 Å². The fraction of sp³-hybridized carbons (Fsp3) is 1.00. The van der Waals surface area contributed by atoms with E-state index in [1.54, 1.807) is 0 Å². The lowest BCUT2D eigenvalue weighted by atomic mass is 9.69. The van der Waals surface area contributed by atoms with Gasteiger partial charge in [-0.2, -0.15) is 0 Å². The second-order valence-corrected chi connectivity index (χ2v) is 8.26.